The second kappa shape index (κ2) is 6.71. The summed E-state index contributed by atoms with van der Waals surface area (Å²) < 4.78 is 31.8. The van der Waals surface area contributed by atoms with Gasteiger partial charge in [-0.2, -0.15) is 0 Å². The summed E-state index contributed by atoms with van der Waals surface area (Å²) in [7, 11) is -2.64. The molecule has 0 radical (unpaired) electrons. The van der Waals surface area contributed by atoms with E-state index in [0.717, 1.165) is 0 Å². The van der Waals surface area contributed by atoms with Gasteiger partial charge in [0.1, 0.15) is 0 Å². The molecule has 0 aromatic heterocycles. The number of esters is 1. The molecule has 0 atom stereocenters. The standard InChI is InChI=1S/C16H16N2O5S/c1-10-3-8-13(9-14(10)15(17)19)24(21,22)18-12-6-4-11(5-7-12)16(20)23-2/h3-9,18H,1-2H3,(H2,17,19). The number of primary amides is 1. The molecule has 2 rings (SSSR count). The molecule has 24 heavy (non-hydrogen) atoms. The molecule has 0 saturated heterocycles. The molecule has 0 spiro atoms. The predicted octanol–water partition coefficient (Wildman–Crippen LogP) is 1.68. The van der Waals surface area contributed by atoms with E-state index in [0.29, 0.717) is 11.1 Å². The summed E-state index contributed by atoms with van der Waals surface area (Å²) in [6, 6.07) is 9.87. The van der Waals surface area contributed by atoms with Gasteiger partial charge in [-0.3, -0.25) is 9.52 Å². The fourth-order valence-electron chi connectivity index (χ4n) is 2.04. The quantitative estimate of drug-likeness (QED) is 0.798. The minimum atomic E-state index is -3.90. The van der Waals surface area contributed by atoms with Gasteiger partial charge in [0, 0.05) is 11.3 Å². The third kappa shape index (κ3) is 3.72. The van der Waals surface area contributed by atoms with E-state index in [4.69, 9.17) is 5.73 Å². The molecule has 0 bridgehead atoms. The maximum absolute atomic E-state index is 12.4. The van der Waals surface area contributed by atoms with Crippen LogP contribution in [0.25, 0.3) is 0 Å². The van der Waals surface area contributed by atoms with E-state index in [-0.39, 0.29) is 16.1 Å². The molecule has 2 aromatic rings. The molecule has 2 aromatic carbocycles. The number of carbonyl (C=O) groups excluding carboxylic acids is 2. The molecular formula is C16H16N2O5S. The van der Waals surface area contributed by atoms with Gasteiger partial charge in [0.2, 0.25) is 5.91 Å². The zero-order valence-electron chi connectivity index (χ0n) is 13.1. The summed E-state index contributed by atoms with van der Waals surface area (Å²) in [5.74, 6) is -1.22. The summed E-state index contributed by atoms with van der Waals surface area (Å²) in [5.41, 5.74) is 6.53. The molecule has 0 aliphatic rings. The van der Waals surface area contributed by atoms with Crippen molar-refractivity contribution in [2.75, 3.05) is 11.8 Å². The highest BCUT2D eigenvalue weighted by molar-refractivity contribution is 7.92. The third-order valence-electron chi connectivity index (χ3n) is 3.34. The Kier molecular flexibility index (Phi) is 4.89. The molecule has 8 heteroatoms. The van der Waals surface area contributed by atoms with Gasteiger partial charge in [-0.05, 0) is 48.9 Å². The summed E-state index contributed by atoms with van der Waals surface area (Å²) in [6.07, 6.45) is 0. The second-order valence-corrected chi connectivity index (χ2v) is 6.70. The van der Waals surface area contributed by atoms with Crippen molar-refractivity contribution in [1.82, 2.24) is 0 Å². The Bertz CT molecular complexity index is 889. The highest BCUT2D eigenvalue weighted by atomic mass is 32.2. The zero-order chi connectivity index (χ0) is 17.9. The van der Waals surface area contributed by atoms with Crippen LogP contribution in [0.5, 0.6) is 0 Å². The van der Waals surface area contributed by atoms with Crippen molar-refractivity contribution >= 4 is 27.6 Å². The zero-order valence-corrected chi connectivity index (χ0v) is 13.9. The first-order valence-electron chi connectivity index (χ1n) is 6.86. The first-order chi connectivity index (χ1) is 11.2. The molecule has 0 saturated carbocycles. The van der Waals surface area contributed by atoms with Crippen LogP contribution in [0, 0.1) is 6.92 Å². The lowest BCUT2D eigenvalue weighted by atomic mass is 10.1. The van der Waals surface area contributed by atoms with Crippen LogP contribution >= 0.6 is 0 Å². The Morgan fingerprint density at radius 2 is 1.71 bits per heavy atom. The SMILES string of the molecule is COC(=O)c1ccc(NS(=O)(=O)c2ccc(C)c(C(N)=O)c2)cc1. The van der Waals surface area contributed by atoms with E-state index in [1.165, 1.54) is 49.6 Å². The average Bonchev–Trinajstić information content (AvgIpc) is 2.54. The van der Waals surface area contributed by atoms with Crippen LogP contribution in [-0.4, -0.2) is 27.4 Å². The van der Waals surface area contributed by atoms with Crippen LogP contribution in [-0.2, 0) is 14.8 Å². The first kappa shape index (κ1) is 17.5. The van der Waals surface area contributed by atoms with Crippen LogP contribution in [0.15, 0.2) is 47.4 Å². The van der Waals surface area contributed by atoms with Gasteiger partial charge in [0.15, 0.2) is 0 Å². The molecule has 3 N–H and O–H groups in total. The van der Waals surface area contributed by atoms with Crippen molar-refractivity contribution in [2.24, 2.45) is 5.73 Å². The van der Waals surface area contributed by atoms with Gasteiger partial charge < -0.3 is 10.5 Å². The van der Waals surface area contributed by atoms with Gasteiger partial charge in [-0.15, -0.1) is 0 Å². The van der Waals surface area contributed by atoms with Crippen LogP contribution in [0.1, 0.15) is 26.3 Å². The number of rotatable bonds is 5. The number of sulfonamides is 1. The summed E-state index contributed by atoms with van der Waals surface area (Å²) in [5, 5.41) is 0. The molecule has 7 nitrogen and oxygen atoms in total. The Labute approximate surface area is 139 Å². The number of aryl methyl sites for hydroxylation is 1. The third-order valence-corrected chi connectivity index (χ3v) is 4.72. The Balaban J connectivity index is 2.30. The molecule has 0 aliphatic heterocycles. The lowest BCUT2D eigenvalue weighted by molar-refractivity contribution is 0.0600. The Hall–Kier alpha value is -2.87. The topological polar surface area (TPSA) is 116 Å². The molecular weight excluding hydrogens is 332 g/mol. The maximum atomic E-state index is 12.4. The number of hydrogen-bond donors (Lipinski definition) is 2. The second-order valence-electron chi connectivity index (χ2n) is 5.02. The number of hydrogen-bond acceptors (Lipinski definition) is 5. The number of anilines is 1. The van der Waals surface area contributed by atoms with Crippen LogP contribution < -0.4 is 10.5 Å². The molecule has 0 unspecified atom stereocenters. The monoisotopic (exact) mass is 348 g/mol. The summed E-state index contributed by atoms with van der Waals surface area (Å²) in [6.45, 7) is 1.66. The van der Waals surface area contributed by atoms with Crippen molar-refractivity contribution < 1.29 is 22.7 Å². The predicted molar refractivity (Wildman–Crippen MR) is 88.3 cm³/mol. The lowest BCUT2D eigenvalue weighted by Crippen LogP contribution is -2.17. The van der Waals surface area contributed by atoms with E-state index < -0.39 is 21.9 Å². The van der Waals surface area contributed by atoms with Gasteiger partial charge in [-0.1, -0.05) is 6.07 Å². The molecule has 0 heterocycles. The lowest BCUT2D eigenvalue weighted by Gasteiger charge is -2.10. The fraction of sp³-hybridized carbons (Fsp3) is 0.125. The fourth-order valence-corrected chi connectivity index (χ4v) is 3.12. The van der Waals surface area contributed by atoms with Crippen molar-refractivity contribution in [3.05, 3.63) is 59.2 Å². The van der Waals surface area contributed by atoms with Gasteiger partial charge in [0.05, 0.1) is 17.6 Å². The number of amides is 1. The highest BCUT2D eigenvalue weighted by Gasteiger charge is 2.17. The number of nitrogens with two attached hydrogens (primary N) is 1. The largest absolute Gasteiger partial charge is 0.465 e. The molecule has 0 fully saturated rings. The maximum Gasteiger partial charge on any atom is 0.337 e. The van der Waals surface area contributed by atoms with Gasteiger partial charge in [0.25, 0.3) is 10.0 Å². The Morgan fingerprint density at radius 3 is 2.25 bits per heavy atom. The van der Waals surface area contributed by atoms with E-state index in [2.05, 4.69) is 9.46 Å². The first-order valence-corrected chi connectivity index (χ1v) is 8.34. The van der Waals surface area contributed by atoms with Crippen molar-refractivity contribution in [1.29, 1.82) is 0 Å². The number of ether oxygens (including phenoxy) is 1. The Morgan fingerprint density at radius 1 is 1.08 bits per heavy atom. The number of carbonyl (C=O) groups is 2. The van der Waals surface area contributed by atoms with Gasteiger partial charge >= 0.3 is 5.97 Å². The highest BCUT2D eigenvalue weighted by Crippen LogP contribution is 2.19. The summed E-state index contributed by atoms with van der Waals surface area (Å²) in [4.78, 5) is 22.6. The van der Waals surface area contributed by atoms with Crippen molar-refractivity contribution in [2.45, 2.75) is 11.8 Å². The normalized spacial score (nSPS) is 10.9. The van der Waals surface area contributed by atoms with Crippen molar-refractivity contribution in [3.8, 4) is 0 Å². The molecule has 0 aliphatic carbocycles. The number of methoxy groups -OCH3 is 1. The van der Waals surface area contributed by atoms with E-state index in [9.17, 15) is 18.0 Å². The smallest absolute Gasteiger partial charge is 0.337 e. The van der Waals surface area contributed by atoms with E-state index >= 15 is 0 Å². The minimum Gasteiger partial charge on any atom is -0.465 e. The van der Waals surface area contributed by atoms with Crippen molar-refractivity contribution in [3.63, 3.8) is 0 Å². The van der Waals surface area contributed by atoms with E-state index in [1.807, 2.05) is 0 Å². The van der Waals surface area contributed by atoms with Crippen LogP contribution in [0.2, 0.25) is 0 Å². The van der Waals surface area contributed by atoms with Crippen LogP contribution in [0.4, 0.5) is 5.69 Å². The minimum absolute atomic E-state index is 0.0843. The van der Waals surface area contributed by atoms with E-state index in [1.54, 1.807) is 6.92 Å². The van der Waals surface area contributed by atoms with Gasteiger partial charge in [-0.25, -0.2) is 13.2 Å². The number of benzene rings is 2. The van der Waals surface area contributed by atoms with Crippen LogP contribution in [0.3, 0.4) is 0 Å². The molecule has 1 amide bonds. The summed E-state index contributed by atoms with van der Waals surface area (Å²) >= 11 is 0. The average molecular weight is 348 g/mol. The number of nitrogens with one attached hydrogen (secondary N) is 1. The molecule has 126 valence electrons.